The van der Waals surface area contributed by atoms with Crippen molar-refractivity contribution >= 4 is 28.5 Å². The van der Waals surface area contributed by atoms with Crippen LogP contribution in [0.4, 0.5) is 9.93 Å². The van der Waals surface area contributed by atoms with Gasteiger partial charge in [-0.25, -0.2) is 9.78 Å². The molecule has 0 aromatic carbocycles. The molecule has 0 atom stereocenters. The third kappa shape index (κ3) is 5.85. The van der Waals surface area contributed by atoms with Gasteiger partial charge in [0.15, 0.2) is 5.13 Å². The molecule has 32 heavy (non-hydrogen) atoms. The molecule has 172 valence electrons. The number of amides is 2. The first-order chi connectivity index (χ1) is 15.1. The molecule has 0 bridgehead atoms. The predicted molar refractivity (Wildman–Crippen MR) is 121 cm³/mol. The number of fused-ring (bicyclic) bond motifs is 1. The van der Waals surface area contributed by atoms with Gasteiger partial charge in [-0.1, -0.05) is 11.3 Å². The molecule has 3 rings (SSSR count). The molecule has 2 aromatic heterocycles. The smallest absolute Gasteiger partial charge is 0.410 e. The summed E-state index contributed by atoms with van der Waals surface area (Å²) in [6.45, 7) is 11.0. The molecule has 0 saturated carbocycles. The SMILES string of the molecule is Cc1nn(CCC#N)c(C)c1CCC(=O)Nc1nc2c(s1)CN(C(=O)OC(C)(C)C)CC2. The van der Waals surface area contributed by atoms with Crippen molar-refractivity contribution in [2.24, 2.45) is 0 Å². The zero-order valence-electron chi connectivity index (χ0n) is 19.3. The van der Waals surface area contributed by atoms with E-state index in [1.165, 1.54) is 11.3 Å². The number of aromatic nitrogens is 3. The van der Waals surface area contributed by atoms with Crippen LogP contribution in [0.1, 0.15) is 61.1 Å². The number of anilines is 1. The van der Waals surface area contributed by atoms with Crippen LogP contribution in [-0.4, -0.2) is 43.8 Å². The Bertz CT molecular complexity index is 1040. The molecule has 2 aromatic rings. The van der Waals surface area contributed by atoms with Crippen LogP contribution < -0.4 is 5.32 Å². The van der Waals surface area contributed by atoms with E-state index in [1.54, 1.807) is 4.90 Å². The number of carbonyl (C=O) groups excluding carboxylic acids is 2. The molecule has 3 heterocycles. The maximum Gasteiger partial charge on any atom is 0.410 e. The number of thiazole rings is 1. The maximum absolute atomic E-state index is 12.5. The lowest BCUT2D eigenvalue weighted by Gasteiger charge is -2.29. The molecule has 0 aliphatic carbocycles. The summed E-state index contributed by atoms with van der Waals surface area (Å²) in [5.74, 6) is -0.108. The summed E-state index contributed by atoms with van der Waals surface area (Å²) in [5.41, 5.74) is 3.32. The van der Waals surface area contributed by atoms with Crippen LogP contribution in [0.3, 0.4) is 0 Å². The van der Waals surface area contributed by atoms with E-state index in [1.807, 2.05) is 39.3 Å². The Hall–Kier alpha value is -2.93. The molecule has 0 spiro atoms. The van der Waals surface area contributed by atoms with Gasteiger partial charge < -0.3 is 15.0 Å². The molecule has 10 heteroatoms. The van der Waals surface area contributed by atoms with Gasteiger partial charge in [-0.3, -0.25) is 9.48 Å². The highest BCUT2D eigenvalue weighted by Crippen LogP contribution is 2.29. The summed E-state index contributed by atoms with van der Waals surface area (Å²) in [6.07, 6.45) is 1.61. The zero-order chi connectivity index (χ0) is 23.5. The Morgan fingerprint density at radius 2 is 2.06 bits per heavy atom. The Morgan fingerprint density at radius 1 is 1.31 bits per heavy atom. The van der Waals surface area contributed by atoms with Gasteiger partial charge in [-0.05, 0) is 46.6 Å². The highest BCUT2D eigenvalue weighted by molar-refractivity contribution is 7.15. The van der Waals surface area contributed by atoms with Crippen molar-refractivity contribution in [1.82, 2.24) is 19.7 Å². The zero-order valence-corrected chi connectivity index (χ0v) is 20.1. The summed E-state index contributed by atoms with van der Waals surface area (Å²) in [5, 5.41) is 16.7. The number of nitrogens with one attached hydrogen (secondary N) is 1. The van der Waals surface area contributed by atoms with Gasteiger partial charge in [0.25, 0.3) is 0 Å². The van der Waals surface area contributed by atoms with E-state index in [0.29, 0.717) is 50.4 Å². The number of hydrogen-bond acceptors (Lipinski definition) is 7. The van der Waals surface area contributed by atoms with Crippen LogP contribution in [0.15, 0.2) is 0 Å². The summed E-state index contributed by atoms with van der Waals surface area (Å²) < 4.78 is 7.29. The van der Waals surface area contributed by atoms with Crippen LogP contribution >= 0.6 is 11.3 Å². The summed E-state index contributed by atoms with van der Waals surface area (Å²) in [6, 6.07) is 2.13. The molecule has 0 saturated heterocycles. The quantitative estimate of drug-likeness (QED) is 0.706. The number of aryl methyl sites for hydroxylation is 2. The third-order valence-electron chi connectivity index (χ3n) is 5.20. The van der Waals surface area contributed by atoms with Gasteiger partial charge in [-0.15, -0.1) is 0 Å². The van der Waals surface area contributed by atoms with E-state index >= 15 is 0 Å². The van der Waals surface area contributed by atoms with Crippen LogP contribution in [0.5, 0.6) is 0 Å². The average Bonchev–Trinajstić information content (AvgIpc) is 3.22. The summed E-state index contributed by atoms with van der Waals surface area (Å²) in [7, 11) is 0. The van der Waals surface area contributed by atoms with Crippen molar-refractivity contribution in [2.75, 3.05) is 11.9 Å². The van der Waals surface area contributed by atoms with Gasteiger partial charge in [0, 0.05) is 30.0 Å². The topological polar surface area (TPSA) is 113 Å². The minimum absolute atomic E-state index is 0.108. The second-order valence-corrected chi connectivity index (χ2v) is 9.95. The Balaban J connectivity index is 1.56. The third-order valence-corrected chi connectivity index (χ3v) is 6.20. The highest BCUT2D eigenvalue weighted by atomic mass is 32.1. The predicted octanol–water partition coefficient (Wildman–Crippen LogP) is 3.73. The normalized spacial score (nSPS) is 13.4. The van der Waals surface area contributed by atoms with E-state index in [9.17, 15) is 9.59 Å². The fourth-order valence-corrected chi connectivity index (χ4v) is 4.66. The van der Waals surface area contributed by atoms with Gasteiger partial charge in [0.1, 0.15) is 5.60 Å². The largest absolute Gasteiger partial charge is 0.444 e. The van der Waals surface area contributed by atoms with Crippen molar-refractivity contribution in [3.8, 4) is 6.07 Å². The van der Waals surface area contributed by atoms with Crippen LogP contribution in [0.2, 0.25) is 0 Å². The van der Waals surface area contributed by atoms with Crippen molar-refractivity contribution in [2.45, 2.75) is 79.0 Å². The maximum atomic E-state index is 12.5. The lowest BCUT2D eigenvalue weighted by Crippen LogP contribution is -2.39. The van der Waals surface area contributed by atoms with Crippen LogP contribution in [-0.2, 0) is 35.5 Å². The molecule has 1 aliphatic rings. The minimum Gasteiger partial charge on any atom is -0.444 e. The van der Waals surface area contributed by atoms with Gasteiger partial charge in [0.05, 0.1) is 37.0 Å². The lowest BCUT2D eigenvalue weighted by molar-refractivity contribution is -0.116. The Labute approximate surface area is 192 Å². The molecule has 0 fully saturated rings. The summed E-state index contributed by atoms with van der Waals surface area (Å²) >= 11 is 1.40. The van der Waals surface area contributed by atoms with E-state index in [2.05, 4.69) is 21.5 Å². The molecular formula is C22H30N6O3S. The van der Waals surface area contributed by atoms with Crippen molar-refractivity contribution in [3.05, 3.63) is 27.5 Å². The fraction of sp³-hybridized carbons (Fsp3) is 0.591. The molecule has 2 amide bonds. The second-order valence-electron chi connectivity index (χ2n) is 8.87. The molecule has 1 aliphatic heterocycles. The van der Waals surface area contributed by atoms with Crippen LogP contribution in [0, 0.1) is 25.2 Å². The Morgan fingerprint density at radius 3 is 2.75 bits per heavy atom. The molecule has 0 unspecified atom stereocenters. The van der Waals surface area contributed by atoms with Gasteiger partial charge in [0.2, 0.25) is 5.91 Å². The number of carbonyl (C=O) groups is 2. The molecule has 0 radical (unpaired) electrons. The minimum atomic E-state index is -0.535. The second kappa shape index (κ2) is 9.69. The Kier molecular flexibility index (Phi) is 7.19. The number of ether oxygens (including phenoxy) is 1. The number of nitrogens with zero attached hydrogens (tertiary/aromatic N) is 5. The van der Waals surface area contributed by atoms with Crippen LogP contribution in [0.25, 0.3) is 0 Å². The number of hydrogen-bond donors (Lipinski definition) is 1. The first-order valence-electron chi connectivity index (χ1n) is 10.7. The lowest BCUT2D eigenvalue weighted by atomic mass is 10.1. The van der Waals surface area contributed by atoms with Crippen molar-refractivity contribution < 1.29 is 14.3 Å². The van der Waals surface area contributed by atoms with Gasteiger partial charge >= 0.3 is 6.09 Å². The van der Waals surface area contributed by atoms with E-state index in [4.69, 9.17) is 10.00 Å². The molecule has 9 nitrogen and oxygen atoms in total. The number of rotatable bonds is 6. The highest BCUT2D eigenvalue weighted by Gasteiger charge is 2.28. The standard InChI is InChI=1S/C22H30N6O3S/c1-14-16(15(2)28(26-14)11-6-10-23)7-8-19(29)25-20-24-17-9-12-27(13-18(17)32-20)21(30)31-22(3,4)5/h6-9,11-13H2,1-5H3,(H,24,25,29). The number of nitriles is 1. The fourth-order valence-electron chi connectivity index (χ4n) is 3.62. The first kappa shape index (κ1) is 23.7. The van der Waals surface area contributed by atoms with E-state index in [-0.39, 0.29) is 12.0 Å². The summed E-state index contributed by atoms with van der Waals surface area (Å²) in [4.78, 5) is 32.1. The van der Waals surface area contributed by atoms with E-state index < -0.39 is 5.60 Å². The van der Waals surface area contributed by atoms with E-state index in [0.717, 1.165) is 27.5 Å². The van der Waals surface area contributed by atoms with Crippen molar-refractivity contribution in [1.29, 1.82) is 5.26 Å². The molecule has 1 N–H and O–H groups in total. The van der Waals surface area contributed by atoms with Crippen molar-refractivity contribution in [3.63, 3.8) is 0 Å². The first-order valence-corrected chi connectivity index (χ1v) is 11.5. The monoisotopic (exact) mass is 458 g/mol. The van der Waals surface area contributed by atoms with Gasteiger partial charge in [-0.2, -0.15) is 10.4 Å². The average molecular weight is 459 g/mol. The molecular weight excluding hydrogens is 428 g/mol.